The predicted molar refractivity (Wildman–Crippen MR) is 77.2 cm³/mol. The summed E-state index contributed by atoms with van der Waals surface area (Å²) in [6.45, 7) is 2.69. The third kappa shape index (κ3) is 4.01. The average molecular weight is 285 g/mol. The van der Waals surface area contributed by atoms with Gasteiger partial charge in [-0.25, -0.2) is 4.39 Å². The minimum absolute atomic E-state index is 0.188. The summed E-state index contributed by atoms with van der Waals surface area (Å²) in [5, 5.41) is 11.9. The van der Waals surface area contributed by atoms with Crippen LogP contribution in [0.4, 0.5) is 4.39 Å². The van der Waals surface area contributed by atoms with Gasteiger partial charge in [0.05, 0.1) is 17.3 Å². The van der Waals surface area contributed by atoms with Gasteiger partial charge in [0, 0.05) is 12.2 Å². The number of nitrogens with one attached hydrogen (secondary N) is 1. The Bertz CT molecular complexity index is 680. The van der Waals surface area contributed by atoms with E-state index in [0.717, 1.165) is 11.4 Å². The first kappa shape index (κ1) is 14.9. The normalized spacial score (nSPS) is 10.2. The Hall–Kier alpha value is -2.45. The average Bonchev–Trinajstić information content (AvgIpc) is 2.46. The molecule has 1 N–H and O–H groups in total. The van der Waals surface area contributed by atoms with E-state index < -0.39 is 5.82 Å². The molecule has 108 valence electrons. The number of hydrogen-bond donors (Lipinski definition) is 1. The lowest BCUT2D eigenvalue weighted by molar-refractivity contribution is 0.299. The molecule has 0 aliphatic rings. The predicted octanol–water partition coefficient (Wildman–Crippen LogP) is 2.70. The molecule has 2 rings (SSSR count). The SMILES string of the molecule is CNCc1nc(C)ccc1OCc1cc(F)cc(C#N)c1. The van der Waals surface area contributed by atoms with Gasteiger partial charge in [-0.2, -0.15) is 5.26 Å². The third-order valence-corrected chi connectivity index (χ3v) is 2.90. The number of aryl methyl sites for hydroxylation is 1. The van der Waals surface area contributed by atoms with Crippen molar-refractivity contribution in [2.75, 3.05) is 7.05 Å². The molecule has 0 saturated heterocycles. The van der Waals surface area contributed by atoms with Crippen molar-refractivity contribution in [2.45, 2.75) is 20.1 Å². The molecule has 4 nitrogen and oxygen atoms in total. The molecular formula is C16H16FN3O. The zero-order valence-corrected chi connectivity index (χ0v) is 12.0. The largest absolute Gasteiger partial charge is 0.487 e. The van der Waals surface area contributed by atoms with E-state index in [4.69, 9.17) is 10.00 Å². The molecule has 5 heteroatoms. The topological polar surface area (TPSA) is 57.9 Å². The zero-order chi connectivity index (χ0) is 15.2. The molecule has 0 unspecified atom stereocenters. The zero-order valence-electron chi connectivity index (χ0n) is 12.0. The number of aromatic nitrogens is 1. The summed E-state index contributed by atoms with van der Waals surface area (Å²) in [5.74, 6) is 0.211. The first-order chi connectivity index (χ1) is 10.1. The van der Waals surface area contributed by atoms with Crippen LogP contribution in [0, 0.1) is 24.1 Å². The molecule has 0 radical (unpaired) electrons. The maximum atomic E-state index is 13.4. The highest BCUT2D eigenvalue weighted by molar-refractivity contribution is 5.34. The van der Waals surface area contributed by atoms with Gasteiger partial charge in [-0.3, -0.25) is 4.98 Å². The number of halogens is 1. The Kier molecular flexibility index (Phi) is 4.85. The Morgan fingerprint density at radius 1 is 1.33 bits per heavy atom. The van der Waals surface area contributed by atoms with Gasteiger partial charge in [0.1, 0.15) is 18.2 Å². The minimum Gasteiger partial charge on any atom is -0.487 e. The van der Waals surface area contributed by atoms with E-state index in [1.54, 1.807) is 6.07 Å². The van der Waals surface area contributed by atoms with E-state index in [2.05, 4.69) is 10.3 Å². The van der Waals surface area contributed by atoms with Crippen molar-refractivity contribution in [1.29, 1.82) is 5.26 Å². The first-order valence-electron chi connectivity index (χ1n) is 6.56. The highest BCUT2D eigenvalue weighted by Crippen LogP contribution is 2.19. The molecule has 1 aromatic carbocycles. The summed E-state index contributed by atoms with van der Waals surface area (Å²) in [4.78, 5) is 4.41. The highest BCUT2D eigenvalue weighted by atomic mass is 19.1. The molecule has 2 aromatic rings. The van der Waals surface area contributed by atoms with E-state index in [9.17, 15) is 4.39 Å². The summed E-state index contributed by atoms with van der Waals surface area (Å²) in [6, 6.07) is 9.81. The quantitative estimate of drug-likeness (QED) is 0.917. The summed E-state index contributed by atoms with van der Waals surface area (Å²) in [7, 11) is 1.83. The van der Waals surface area contributed by atoms with Crippen LogP contribution in [-0.2, 0) is 13.2 Å². The van der Waals surface area contributed by atoms with Gasteiger partial charge in [0.25, 0.3) is 0 Å². The van der Waals surface area contributed by atoms with Gasteiger partial charge in [-0.1, -0.05) is 0 Å². The summed E-state index contributed by atoms with van der Waals surface area (Å²) in [5.41, 5.74) is 2.60. The van der Waals surface area contributed by atoms with Crippen molar-refractivity contribution in [1.82, 2.24) is 10.3 Å². The second kappa shape index (κ2) is 6.82. The number of pyridine rings is 1. The number of rotatable bonds is 5. The van der Waals surface area contributed by atoms with Crippen LogP contribution in [0.15, 0.2) is 30.3 Å². The van der Waals surface area contributed by atoms with Crippen molar-refractivity contribution in [2.24, 2.45) is 0 Å². The summed E-state index contributed by atoms with van der Waals surface area (Å²) in [6.07, 6.45) is 0. The van der Waals surface area contributed by atoms with Crippen LogP contribution in [0.3, 0.4) is 0 Å². The van der Waals surface area contributed by atoms with Gasteiger partial charge in [-0.05, 0) is 49.9 Å². The molecule has 1 heterocycles. The number of benzene rings is 1. The molecule has 0 spiro atoms. The second-order valence-corrected chi connectivity index (χ2v) is 4.68. The fourth-order valence-electron chi connectivity index (χ4n) is 1.98. The maximum Gasteiger partial charge on any atom is 0.142 e. The van der Waals surface area contributed by atoms with Crippen LogP contribution in [-0.4, -0.2) is 12.0 Å². The molecule has 1 aromatic heterocycles. The van der Waals surface area contributed by atoms with E-state index in [1.807, 2.05) is 32.2 Å². The van der Waals surface area contributed by atoms with E-state index in [1.165, 1.54) is 12.1 Å². The molecule has 21 heavy (non-hydrogen) atoms. The number of hydrogen-bond acceptors (Lipinski definition) is 4. The third-order valence-electron chi connectivity index (χ3n) is 2.90. The Balaban J connectivity index is 2.16. The lowest BCUT2D eigenvalue weighted by Gasteiger charge is -2.11. The fourth-order valence-corrected chi connectivity index (χ4v) is 1.98. The maximum absolute atomic E-state index is 13.4. The number of nitriles is 1. The highest BCUT2D eigenvalue weighted by Gasteiger charge is 2.07. The lowest BCUT2D eigenvalue weighted by Crippen LogP contribution is -2.10. The first-order valence-corrected chi connectivity index (χ1v) is 6.56. The molecule has 0 saturated carbocycles. The molecule has 0 amide bonds. The van der Waals surface area contributed by atoms with Crippen LogP contribution in [0.1, 0.15) is 22.5 Å². The molecule has 0 fully saturated rings. The molecular weight excluding hydrogens is 269 g/mol. The molecule has 0 atom stereocenters. The fraction of sp³-hybridized carbons (Fsp3) is 0.250. The summed E-state index contributed by atoms with van der Waals surface area (Å²) >= 11 is 0. The Labute approximate surface area is 123 Å². The lowest BCUT2D eigenvalue weighted by atomic mass is 10.1. The minimum atomic E-state index is -0.440. The Morgan fingerprint density at radius 3 is 2.86 bits per heavy atom. The molecule has 0 aliphatic carbocycles. The van der Waals surface area contributed by atoms with Gasteiger partial charge < -0.3 is 10.1 Å². The standard InChI is InChI=1S/C16H16FN3O/c1-11-3-4-16(15(20-11)9-19-2)21-10-13-5-12(8-18)6-14(17)7-13/h3-7,19H,9-10H2,1-2H3. The van der Waals surface area contributed by atoms with Crippen LogP contribution in [0.25, 0.3) is 0 Å². The van der Waals surface area contributed by atoms with Gasteiger partial charge in [-0.15, -0.1) is 0 Å². The van der Waals surface area contributed by atoms with Crippen LogP contribution in [0.5, 0.6) is 5.75 Å². The summed E-state index contributed by atoms with van der Waals surface area (Å²) < 4.78 is 19.1. The van der Waals surface area contributed by atoms with Crippen molar-refractivity contribution < 1.29 is 9.13 Å². The smallest absolute Gasteiger partial charge is 0.142 e. The van der Waals surface area contributed by atoms with Crippen molar-refractivity contribution in [3.05, 3.63) is 58.7 Å². The molecule has 0 bridgehead atoms. The van der Waals surface area contributed by atoms with Gasteiger partial charge in [0.2, 0.25) is 0 Å². The van der Waals surface area contributed by atoms with Crippen molar-refractivity contribution in [3.63, 3.8) is 0 Å². The second-order valence-electron chi connectivity index (χ2n) is 4.68. The van der Waals surface area contributed by atoms with Gasteiger partial charge >= 0.3 is 0 Å². The molecule has 0 aliphatic heterocycles. The van der Waals surface area contributed by atoms with Gasteiger partial charge in [0.15, 0.2) is 0 Å². The number of nitrogens with zero attached hydrogens (tertiary/aromatic N) is 2. The number of ether oxygens (including phenoxy) is 1. The monoisotopic (exact) mass is 285 g/mol. The Morgan fingerprint density at radius 2 is 2.14 bits per heavy atom. The van der Waals surface area contributed by atoms with Crippen molar-refractivity contribution in [3.8, 4) is 11.8 Å². The van der Waals surface area contributed by atoms with Crippen LogP contribution < -0.4 is 10.1 Å². The van der Waals surface area contributed by atoms with Crippen LogP contribution in [0.2, 0.25) is 0 Å². The van der Waals surface area contributed by atoms with E-state index in [0.29, 0.717) is 17.9 Å². The van der Waals surface area contributed by atoms with E-state index in [-0.39, 0.29) is 12.2 Å². The van der Waals surface area contributed by atoms with E-state index >= 15 is 0 Å². The van der Waals surface area contributed by atoms with Crippen molar-refractivity contribution >= 4 is 0 Å². The van der Waals surface area contributed by atoms with Crippen LogP contribution >= 0.6 is 0 Å².